The van der Waals surface area contributed by atoms with E-state index in [9.17, 15) is 15.0 Å². The fourth-order valence-corrected chi connectivity index (χ4v) is 8.60. The number of carbonyl (C=O) groups excluding carboxylic acids is 1. The van der Waals surface area contributed by atoms with Gasteiger partial charge in [0.05, 0.1) is 18.8 Å². The van der Waals surface area contributed by atoms with Gasteiger partial charge in [0.1, 0.15) is 0 Å². The van der Waals surface area contributed by atoms with Crippen molar-refractivity contribution in [1.29, 1.82) is 0 Å². The molecule has 0 aromatic rings. The molecule has 336 valence electrons. The van der Waals surface area contributed by atoms with Crippen LogP contribution in [0.3, 0.4) is 0 Å². The molecule has 0 rings (SSSR count). The van der Waals surface area contributed by atoms with Crippen molar-refractivity contribution in [2.45, 2.75) is 321 Å². The molecule has 0 aliphatic heterocycles. The van der Waals surface area contributed by atoms with E-state index in [4.69, 9.17) is 0 Å². The highest BCUT2D eigenvalue weighted by Crippen LogP contribution is 2.18. The van der Waals surface area contributed by atoms with E-state index in [1.54, 1.807) is 0 Å². The van der Waals surface area contributed by atoms with Gasteiger partial charge < -0.3 is 15.5 Å². The monoisotopic (exact) mass is 792 g/mol. The normalized spacial score (nSPS) is 12.7. The summed E-state index contributed by atoms with van der Waals surface area (Å²) in [5, 5.41) is 23.2. The van der Waals surface area contributed by atoms with Gasteiger partial charge in [0, 0.05) is 6.42 Å². The Morgan fingerprint density at radius 2 is 0.571 bits per heavy atom. The average Bonchev–Trinajstić information content (AvgIpc) is 3.20. The van der Waals surface area contributed by atoms with E-state index in [0.29, 0.717) is 12.8 Å². The molecule has 1 amide bonds. The molecule has 0 aromatic carbocycles. The summed E-state index contributed by atoms with van der Waals surface area (Å²) in [5.41, 5.74) is 0. The Bertz CT molecular complexity index is 729. The summed E-state index contributed by atoms with van der Waals surface area (Å²) in [4.78, 5) is 12.4. The Balaban J connectivity index is 3.34. The molecule has 0 bridgehead atoms. The minimum absolute atomic E-state index is 0.0247. The zero-order valence-corrected chi connectivity index (χ0v) is 38.7. The van der Waals surface area contributed by atoms with Crippen molar-refractivity contribution in [3.63, 3.8) is 0 Å². The van der Waals surface area contributed by atoms with E-state index in [-0.39, 0.29) is 12.5 Å². The average molecular weight is 792 g/mol. The predicted molar refractivity (Wildman–Crippen MR) is 249 cm³/mol. The molecule has 0 heterocycles. The third-order valence-electron chi connectivity index (χ3n) is 12.6. The Kier molecular flexibility index (Phi) is 48.2. The van der Waals surface area contributed by atoms with Gasteiger partial charge in [0.2, 0.25) is 5.91 Å². The molecule has 0 spiro atoms. The van der Waals surface area contributed by atoms with Gasteiger partial charge in [-0.05, 0) is 12.8 Å². The summed E-state index contributed by atoms with van der Waals surface area (Å²) in [5.74, 6) is -0.0247. The number of hydrogen-bond acceptors (Lipinski definition) is 3. The summed E-state index contributed by atoms with van der Waals surface area (Å²) in [6.45, 7) is 4.38. The topological polar surface area (TPSA) is 69.6 Å². The molecule has 2 atom stereocenters. The number of rotatable bonds is 49. The minimum atomic E-state index is -0.653. The maximum absolute atomic E-state index is 12.4. The first kappa shape index (κ1) is 55.4. The second-order valence-corrected chi connectivity index (χ2v) is 18.3. The highest BCUT2D eigenvalue weighted by Gasteiger charge is 2.20. The largest absolute Gasteiger partial charge is 0.394 e. The molecule has 4 nitrogen and oxygen atoms in total. The third kappa shape index (κ3) is 44.5. The van der Waals surface area contributed by atoms with Crippen LogP contribution in [-0.4, -0.2) is 34.9 Å². The lowest BCUT2D eigenvalue weighted by Crippen LogP contribution is -2.45. The molecular formula is C52H105NO3. The van der Waals surface area contributed by atoms with Crippen LogP contribution in [-0.2, 0) is 4.79 Å². The second-order valence-electron chi connectivity index (χ2n) is 18.3. The molecule has 56 heavy (non-hydrogen) atoms. The van der Waals surface area contributed by atoms with E-state index < -0.39 is 12.1 Å². The summed E-state index contributed by atoms with van der Waals surface area (Å²) >= 11 is 0. The fourth-order valence-electron chi connectivity index (χ4n) is 8.60. The molecular weight excluding hydrogens is 687 g/mol. The first-order valence-corrected chi connectivity index (χ1v) is 26.2. The number of nitrogens with one attached hydrogen (secondary N) is 1. The number of carbonyl (C=O) groups is 1. The van der Waals surface area contributed by atoms with E-state index in [1.807, 2.05) is 0 Å². The molecule has 0 saturated heterocycles. The number of aliphatic hydroxyl groups excluding tert-OH is 2. The van der Waals surface area contributed by atoms with Gasteiger partial charge in [-0.3, -0.25) is 4.79 Å². The van der Waals surface area contributed by atoms with Crippen LogP contribution in [0, 0.1) is 0 Å². The standard InChI is InChI=1S/C52H105NO3/c1-3-5-7-9-11-13-15-17-18-19-20-21-22-23-24-25-26-27-28-29-30-31-32-33-34-35-36-38-40-42-44-46-48-52(56)53-50(49-54)51(55)47-45-43-41-39-37-16-14-12-10-8-6-4-2/h50-51,54-55H,3-49H2,1-2H3,(H,53,56)/t50-,51+/m0/s1. The highest BCUT2D eigenvalue weighted by molar-refractivity contribution is 5.76. The lowest BCUT2D eigenvalue weighted by Gasteiger charge is -2.22. The number of amides is 1. The molecule has 0 aliphatic rings. The van der Waals surface area contributed by atoms with Gasteiger partial charge >= 0.3 is 0 Å². The number of hydrogen-bond donors (Lipinski definition) is 3. The van der Waals surface area contributed by atoms with Crippen LogP contribution in [0.5, 0.6) is 0 Å². The van der Waals surface area contributed by atoms with Crippen molar-refractivity contribution in [2.24, 2.45) is 0 Å². The van der Waals surface area contributed by atoms with Crippen molar-refractivity contribution >= 4 is 5.91 Å². The van der Waals surface area contributed by atoms with Crippen LogP contribution >= 0.6 is 0 Å². The van der Waals surface area contributed by atoms with E-state index in [1.165, 1.54) is 257 Å². The van der Waals surface area contributed by atoms with Crippen molar-refractivity contribution in [3.8, 4) is 0 Å². The Hall–Kier alpha value is -0.610. The smallest absolute Gasteiger partial charge is 0.220 e. The Labute approximate surface area is 353 Å². The van der Waals surface area contributed by atoms with Crippen molar-refractivity contribution in [3.05, 3.63) is 0 Å². The molecule has 0 fully saturated rings. The molecule has 4 heteroatoms. The van der Waals surface area contributed by atoms with Crippen LogP contribution in [0.1, 0.15) is 309 Å². The molecule has 0 unspecified atom stereocenters. The molecule has 0 aliphatic carbocycles. The number of aliphatic hydroxyl groups is 2. The van der Waals surface area contributed by atoms with Crippen molar-refractivity contribution in [2.75, 3.05) is 6.61 Å². The van der Waals surface area contributed by atoms with Crippen LogP contribution in [0.25, 0.3) is 0 Å². The minimum Gasteiger partial charge on any atom is -0.394 e. The van der Waals surface area contributed by atoms with Crippen LogP contribution in [0.2, 0.25) is 0 Å². The Morgan fingerprint density at radius 3 is 0.804 bits per heavy atom. The molecule has 0 saturated carbocycles. The summed E-state index contributed by atoms with van der Waals surface area (Å²) in [6, 6.07) is -0.529. The van der Waals surface area contributed by atoms with Crippen molar-refractivity contribution in [1.82, 2.24) is 5.32 Å². The maximum atomic E-state index is 12.4. The zero-order valence-electron chi connectivity index (χ0n) is 38.7. The summed E-state index contributed by atoms with van der Waals surface area (Å²) < 4.78 is 0. The SMILES string of the molecule is CCCCCCCCCCCCCCCCCCCCCCCCCCCCCCCCCCC(=O)N[C@@H](CO)[C@H](O)CCCCCCCCCCCCCC. The summed E-state index contributed by atoms with van der Waals surface area (Å²) in [6.07, 6.45) is 60.9. The van der Waals surface area contributed by atoms with Gasteiger partial charge in [-0.1, -0.05) is 290 Å². The highest BCUT2D eigenvalue weighted by atomic mass is 16.3. The zero-order chi connectivity index (χ0) is 40.7. The van der Waals surface area contributed by atoms with E-state index in [2.05, 4.69) is 19.2 Å². The van der Waals surface area contributed by atoms with Crippen LogP contribution < -0.4 is 5.32 Å². The molecule has 0 radical (unpaired) electrons. The van der Waals surface area contributed by atoms with E-state index in [0.717, 1.165) is 25.7 Å². The van der Waals surface area contributed by atoms with Crippen LogP contribution in [0.15, 0.2) is 0 Å². The lowest BCUT2D eigenvalue weighted by atomic mass is 10.0. The molecule has 0 aromatic heterocycles. The van der Waals surface area contributed by atoms with E-state index >= 15 is 0 Å². The molecule has 3 N–H and O–H groups in total. The quantitative estimate of drug-likeness (QED) is 0.0538. The van der Waals surface area contributed by atoms with Gasteiger partial charge in [0.25, 0.3) is 0 Å². The predicted octanol–water partition coefficient (Wildman–Crippen LogP) is 16.8. The third-order valence-corrected chi connectivity index (χ3v) is 12.6. The first-order chi connectivity index (χ1) is 27.7. The van der Waals surface area contributed by atoms with Gasteiger partial charge in [-0.25, -0.2) is 0 Å². The maximum Gasteiger partial charge on any atom is 0.220 e. The van der Waals surface area contributed by atoms with Gasteiger partial charge in [-0.15, -0.1) is 0 Å². The fraction of sp³-hybridized carbons (Fsp3) is 0.981. The van der Waals surface area contributed by atoms with Gasteiger partial charge in [0.15, 0.2) is 0 Å². The van der Waals surface area contributed by atoms with Gasteiger partial charge in [-0.2, -0.15) is 0 Å². The van der Waals surface area contributed by atoms with Crippen molar-refractivity contribution < 1.29 is 15.0 Å². The lowest BCUT2D eigenvalue weighted by molar-refractivity contribution is -0.123. The summed E-state index contributed by atoms with van der Waals surface area (Å²) in [7, 11) is 0. The first-order valence-electron chi connectivity index (χ1n) is 26.2. The van der Waals surface area contributed by atoms with Crippen LogP contribution in [0.4, 0.5) is 0 Å². The Morgan fingerprint density at radius 1 is 0.357 bits per heavy atom. The second kappa shape index (κ2) is 48.8. The number of unbranched alkanes of at least 4 members (excludes halogenated alkanes) is 42.